The molecule has 0 saturated carbocycles. The van der Waals surface area contributed by atoms with Crippen molar-refractivity contribution in [2.24, 2.45) is 10.5 Å². The minimum atomic E-state index is -1.03. The van der Waals surface area contributed by atoms with Crippen LogP contribution in [-0.2, 0) is 4.79 Å². The van der Waals surface area contributed by atoms with Crippen LogP contribution in [0.3, 0.4) is 0 Å². The lowest BCUT2D eigenvalue weighted by Crippen LogP contribution is -2.35. The summed E-state index contributed by atoms with van der Waals surface area (Å²) >= 11 is 17.3. The molecule has 0 saturated heterocycles. The van der Waals surface area contributed by atoms with E-state index in [-0.39, 0.29) is 11.8 Å². The van der Waals surface area contributed by atoms with Crippen LogP contribution in [0.4, 0.5) is 5.69 Å². The molecule has 2 aromatic rings. The molecule has 126 valence electrons. The van der Waals surface area contributed by atoms with Crippen molar-refractivity contribution in [3.05, 3.63) is 49.0 Å². The summed E-state index contributed by atoms with van der Waals surface area (Å²) in [6.45, 7) is 3.75. The highest BCUT2D eigenvalue weighted by Crippen LogP contribution is 2.50. The van der Waals surface area contributed by atoms with E-state index >= 15 is 0 Å². The Morgan fingerprint density at radius 2 is 2.04 bits per heavy atom. The number of anilines is 1. The van der Waals surface area contributed by atoms with Crippen molar-refractivity contribution in [2.45, 2.75) is 19.9 Å². The summed E-state index contributed by atoms with van der Waals surface area (Å²) in [5.74, 6) is -1.03. The number of aliphatic carboxylic acids is 1. The smallest absolute Gasteiger partial charge is 0.352 e. The molecule has 0 spiro atoms. The standard InChI is InChI=1S/C16H13BrCl2N2O2S/c1-16(2)13(15(22)23)20-21(10-4-3-8(18)7-9(10)19)14(16)11-5-6-12(17)24-11/h3-7,14H,1-2H3,(H,22,23). The van der Waals surface area contributed by atoms with Gasteiger partial charge in [0.1, 0.15) is 0 Å². The largest absolute Gasteiger partial charge is 0.477 e. The monoisotopic (exact) mass is 446 g/mol. The summed E-state index contributed by atoms with van der Waals surface area (Å²) in [5.41, 5.74) is 0.0296. The Hall–Kier alpha value is -1.08. The fourth-order valence-electron chi connectivity index (χ4n) is 2.86. The summed E-state index contributed by atoms with van der Waals surface area (Å²) in [6, 6.07) is 8.73. The average molecular weight is 448 g/mol. The Balaban J connectivity index is 2.18. The van der Waals surface area contributed by atoms with Crippen LogP contribution < -0.4 is 5.01 Å². The third-order valence-electron chi connectivity index (χ3n) is 3.97. The molecule has 3 rings (SSSR count). The Bertz CT molecular complexity index is 850. The molecule has 1 N–H and O–H groups in total. The molecule has 1 atom stereocenters. The molecule has 8 heteroatoms. The van der Waals surface area contributed by atoms with Crippen LogP contribution in [0.2, 0.25) is 10.0 Å². The van der Waals surface area contributed by atoms with E-state index in [1.54, 1.807) is 34.5 Å². The Morgan fingerprint density at radius 1 is 1.33 bits per heavy atom. The lowest BCUT2D eigenvalue weighted by atomic mass is 9.79. The number of carboxylic acids is 1. The fourth-order valence-corrected chi connectivity index (χ4v) is 5.05. The molecule has 0 radical (unpaired) electrons. The van der Waals surface area contributed by atoms with Gasteiger partial charge in [0, 0.05) is 15.3 Å². The predicted octanol–water partition coefficient (Wildman–Crippen LogP) is 5.85. The van der Waals surface area contributed by atoms with E-state index in [4.69, 9.17) is 23.2 Å². The van der Waals surface area contributed by atoms with Gasteiger partial charge in [-0.3, -0.25) is 5.01 Å². The SMILES string of the molecule is CC1(C)C(C(=O)O)=NN(c2ccc(Cl)cc2Cl)C1c1ccc(Br)s1. The van der Waals surface area contributed by atoms with Gasteiger partial charge in [-0.1, -0.05) is 37.0 Å². The van der Waals surface area contributed by atoms with Gasteiger partial charge in [-0.25, -0.2) is 4.79 Å². The quantitative estimate of drug-likeness (QED) is 0.642. The topological polar surface area (TPSA) is 52.9 Å². The summed E-state index contributed by atoms with van der Waals surface area (Å²) in [4.78, 5) is 12.7. The van der Waals surface area contributed by atoms with Crippen molar-refractivity contribution in [1.82, 2.24) is 0 Å². The number of hydrogen-bond donors (Lipinski definition) is 1. The van der Waals surface area contributed by atoms with E-state index in [2.05, 4.69) is 21.0 Å². The zero-order valence-electron chi connectivity index (χ0n) is 12.8. The van der Waals surface area contributed by atoms with Crippen LogP contribution in [0.1, 0.15) is 24.8 Å². The van der Waals surface area contributed by atoms with E-state index in [1.165, 1.54) is 0 Å². The normalized spacial score (nSPS) is 19.5. The number of carbonyl (C=O) groups is 1. The van der Waals surface area contributed by atoms with Crippen molar-refractivity contribution in [3.63, 3.8) is 0 Å². The Labute approximate surface area is 161 Å². The summed E-state index contributed by atoms with van der Waals surface area (Å²) < 4.78 is 0.972. The molecule has 4 nitrogen and oxygen atoms in total. The summed E-state index contributed by atoms with van der Waals surface area (Å²) in [5, 5.41) is 16.6. The van der Waals surface area contributed by atoms with Gasteiger partial charge in [0.2, 0.25) is 0 Å². The summed E-state index contributed by atoms with van der Waals surface area (Å²) in [7, 11) is 0. The molecular formula is C16H13BrCl2N2O2S. The van der Waals surface area contributed by atoms with Crippen LogP contribution in [0.15, 0.2) is 39.2 Å². The van der Waals surface area contributed by atoms with Crippen molar-refractivity contribution in [3.8, 4) is 0 Å². The van der Waals surface area contributed by atoms with Crippen LogP contribution in [0, 0.1) is 5.41 Å². The van der Waals surface area contributed by atoms with Crippen LogP contribution in [0.5, 0.6) is 0 Å². The predicted molar refractivity (Wildman–Crippen MR) is 103 cm³/mol. The van der Waals surface area contributed by atoms with Crippen molar-refractivity contribution < 1.29 is 9.90 Å². The number of nitrogens with zero attached hydrogens (tertiary/aromatic N) is 2. The third-order valence-corrected chi connectivity index (χ3v) is 6.18. The molecular weight excluding hydrogens is 435 g/mol. The molecule has 1 aliphatic heterocycles. The molecule has 0 fully saturated rings. The highest BCUT2D eigenvalue weighted by molar-refractivity contribution is 9.11. The first kappa shape index (κ1) is 17.7. The molecule has 1 aromatic carbocycles. The second-order valence-corrected chi connectivity index (χ2v) is 9.30. The first-order valence-corrected chi connectivity index (χ1v) is 9.40. The number of carboxylic acid groups (broad SMARTS) is 1. The van der Waals surface area contributed by atoms with Crippen LogP contribution in [-0.4, -0.2) is 16.8 Å². The van der Waals surface area contributed by atoms with Crippen molar-refractivity contribution in [1.29, 1.82) is 0 Å². The summed E-state index contributed by atoms with van der Waals surface area (Å²) in [6.07, 6.45) is 0. The molecule has 1 unspecified atom stereocenters. The zero-order valence-corrected chi connectivity index (χ0v) is 16.7. The number of rotatable bonds is 3. The Morgan fingerprint density at radius 3 is 2.58 bits per heavy atom. The number of thiophene rings is 1. The number of hydrogen-bond acceptors (Lipinski definition) is 4. The third kappa shape index (κ3) is 2.96. The first-order valence-electron chi connectivity index (χ1n) is 7.03. The van der Waals surface area contributed by atoms with Gasteiger partial charge in [-0.05, 0) is 46.3 Å². The van der Waals surface area contributed by atoms with Gasteiger partial charge in [-0.15, -0.1) is 11.3 Å². The minimum Gasteiger partial charge on any atom is -0.477 e. The van der Waals surface area contributed by atoms with Crippen LogP contribution >= 0.6 is 50.5 Å². The van der Waals surface area contributed by atoms with E-state index in [0.717, 1.165) is 8.66 Å². The molecule has 24 heavy (non-hydrogen) atoms. The highest BCUT2D eigenvalue weighted by atomic mass is 79.9. The van der Waals surface area contributed by atoms with Gasteiger partial charge in [-0.2, -0.15) is 5.10 Å². The van der Waals surface area contributed by atoms with E-state index in [9.17, 15) is 9.90 Å². The maximum Gasteiger partial charge on any atom is 0.352 e. The first-order chi connectivity index (χ1) is 11.2. The number of benzene rings is 1. The van der Waals surface area contributed by atoms with Gasteiger partial charge in [0.15, 0.2) is 5.71 Å². The van der Waals surface area contributed by atoms with E-state index in [0.29, 0.717) is 15.7 Å². The van der Waals surface area contributed by atoms with E-state index < -0.39 is 11.4 Å². The lowest BCUT2D eigenvalue weighted by Gasteiger charge is -2.32. The minimum absolute atomic E-state index is 0.100. The van der Waals surface area contributed by atoms with Gasteiger partial charge in [0.05, 0.1) is 20.5 Å². The zero-order chi connectivity index (χ0) is 17.6. The van der Waals surface area contributed by atoms with Gasteiger partial charge < -0.3 is 5.11 Å². The van der Waals surface area contributed by atoms with Crippen LogP contribution in [0.25, 0.3) is 0 Å². The second-order valence-electron chi connectivity index (χ2n) is 5.96. The Kier molecular flexibility index (Phi) is 4.68. The van der Waals surface area contributed by atoms with Crippen molar-refractivity contribution >= 4 is 67.8 Å². The fraction of sp³-hybridized carbons (Fsp3) is 0.250. The molecule has 0 aliphatic carbocycles. The maximum atomic E-state index is 11.7. The van der Waals surface area contributed by atoms with Gasteiger partial charge >= 0.3 is 5.97 Å². The highest BCUT2D eigenvalue weighted by Gasteiger charge is 2.49. The molecule has 0 bridgehead atoms. The molecule has 0 amide bonds. The van der Waals surface area contributed by atoms with Gasteiger partial charge in [0.25, 0.3) is 0 Å². The molecule has 1 aliphatic rings. The average Bonchev–Trinajstić information content (AvgIpc) is 2.99. The lowest BCUT2D eigenvalue weighted by molar-refractivity contribution is -0.129. The molecule has 2 heterocycles. The number of hydrazone groups is 1. The van der Waals surface area contributed by atoms with Crippen molar-refractivity contribution in [2.75, 3.05) is 5.01 Å². The van der Waals surface area contributed by atoms with E-state index in [1.807, 2.05) is 26.0 Å². The number of halogens is 3. The molecule has 1 aromatic heterocycles. The maximum absolute atomic E-state index is 11.7. The second kappa shape index (κ2) is 6.33.